The van der Waals surface area contributed by atoms with Gasteiger partial charge in [-0.15, -0.1) is 0 Å². The molecule has 21 heavy (non-hydrogen) atoms. The topological polar surface area (TPSA) is 79.4 Å². The second kappa shape index (κ2) is 6.93. The molecule has 116 valence electrons. The highest BCUT2D eigenvalue weighted by molar-refractivity contribution is 9.09. The van der Waals surface area contributed by atoms with Crippen LogP contribution in [0.25, 0.3) is 6.08 Å². The van der Waals surface area contributed by atoms with Gasteiger partial charge in [0, 0.05) is 5.33 Å². The Morgan fingerprint density at radius 2 is 2.00 bits per heavy atom. The van der Waals surface area contributed by atoms with Crippen molar-refractivity contribution in [2.75, 3.05) is 5.33 Å². The third-order valence-electron chi connectivity index (χ3n) is 2.66. The number of carbonyl (C=O) groups is 2. The van der Waals surface area contributed by atoms with E-state index in [1.807, 2.05) is 6.08 Å². The van der Waals surface area contributed by atoms with Gasteiger partial charge in [-0.2, -0.15) is 0 Å². The zero-order chi connectivity index (χ0) is 16.2. The van der Waals surface area contributed by atoms with Gasteiger partial charge in [0.2, 0.25) is 0 Å². The lowest BCUT2D eigenvalue weighted by molar-refractivity contribution is 0.00627. The van der Waals surface area contributed by atoms with Crippen LogP contribution >= 0.6 is 15.9 Å². The Morgan fingerprint density at radius 3 is 2.48 bits per heavy atom. The lowest BCUT2D eigenvalue weighted by atomic mass is 10.1. The molecular weight excluding hydrogens is 338 g/mol. The number of esters is 1. The Labute approximate surface area is 132 Å². The molecule has 1 rings (SSSR count). The molecule has 2 N–H and O–H groups in total. The molecule has 0 aliphatic heterocycles. The second-order valence-corrected chi connectivity index (χ2v) is 6.39. The van der Waals surface area contributed by atoms with E-state index in [4.69, 9.17) is 4.74 Å². The predicted molar refractivity (Wildman–Crippen MR) is 85.1 cm³/mol. The number of alkyl halides is 1. The number of halogens is 1. The molecule has 0 spiro atoms. The first-order valence-electron chi connectivity index (χ1n) is 6.59. The van der Waals surface area contributed by atoms with Crippen LogP contribution in [0.15, 0.2) is 6.08 Å². The predicted octanol–water partition coefficient (Wildman–Crippen LogP) is 3.77. The van der Waals surface area contributed by atoms with E-state index in [2.05, 4.69) is 20.9 Å². The lowest BCUT2D eigenvalue weighted by Crippen LogP contribution is -2.24. The van der Waals surface area contributed by atoms with Crippen molar-refractivity contribution >= 4 is 33.9 Å². The van der Waals surface area contributed by atoms with E-state index in [1.165, 1.54) is 0 Å². The van der Waals surface area contributed by atoms with Gasteiger partial charge in [0.1, 0.15) is 11.3 Å². The number of carboxylic acid groups (broad SMARTS) is 1. The van der Waals surface area contributed by atoms with Crippen LogP contribution < -0.4 is 0 Å². The molecule has 5 nitrogen and oxygen atoms in total. The molecule has 1 aromatic heterocycles. The monoisotopic (exact) mass is 357 g/mol. The molecule has 1 aromatic rings. The third-order valence-corrected chi connectivity index (χ3v) is 3.11. The summed E-state index contributed by atoms with van der Waals surface area (Å²) in [6.07, 6.45) is 4.27. The maximum atomic E-state index is 12.1. The zero-order valence-electron chi connectivity index (χ0n) is 12.6. The normalized spacial score (nSPS) is 11.9. The highest BCUT2D eigenvalue weighted by atomic mass is 79.9. The van der Waals surface area contributed by atoms with Crippen molar-refractivity contribution in [1.82, 2.24) is 4.98 Å². The first-order chi connectivity index (χ1) is 9.67. The van der Waals surface area contributed by atoms with Gasteiger partial charge in [-0.1, -0.05) is 22.0 Å². The van der Waals surface area contributed by atoms with Crippen LogP contribution in [-0.2, 0) is 4.74 Å². The van der Waals surface area contributed by atoms with Gasteiger partial charge < -0.3 is 14.8 Å². The maximum Gasteiger partial charge on any atom is 0.355 e. The van der Waals surface area contributed by atoms with Gasteiger partial charge in [0.25, 0.3) is 0 Å². The summed E-state index contributed by atoms with van der Waals surface area (Å²) in [6, 6.07) is 0. The summed E-state index contributed by atoms with van der Waals surface area (Å²) in [5.74, 6) is -1.63. The van der Waals surface area contributed by atoms with Crippen LogP contribution in [0.3, 0.4) is 0 Å². The summed E-state index contributed by atoms with van der Waals surface area (Å²) < 4.78 is 5.28. The number of aromatic carboxylic acids is 1. The number of rotatable bonds is 5. The van der Waals surface area contributed by atoms with Gasteiger partial charge in [0.05, 0.1) is 11.3 Å². The maximum absolute atomic E-state index is 12.1. The number of aromatic amines is 1. The number of aromatic nitrogens is 1. The first-order valence-corrected chi connectivity index (χ1v) is 7.71. The number of ether oxygens (including phenoxy) is 1. The van der Waals surface area contributed by atoms with Crippen LogP contribution in [0.2, 0.25) is 0 Å². The Kier molecular flexibility index (Phi) is 5.78. The van der Waals surface area contributed by atoms with E-state index in [0.717, 1.165) is 11.8 Å². The second-order valence-electron chi connectivity index (χ2n) is 5.60. The van der Waals surface area contributed by atoms with Gasteiger partial charge in [-0.25, -0.2) is 9.59 Å². The Hall–Kier alpha value is -1.56. The van der Waals surface area contributed by atoms with Crippen molar-refractivity contribution in [2.24, 2.45) is 0 Å². The minimum absolute atomic E-state index is 0.0988. The number of hydrogen-bond acceptors (Lipinski definition) is 3. The van der Waals surface area contributed by atoms with Gasteiger partial charge in [-0.3, -0.25) is 0 Å². The molecule has 0 aromatic carbocycles. The largest absolute Gasteiger partial charge is 0.478 e. The SMILES string of the molecule is Cc1c(C(=O)OC(C)(C)C)[nH]c(C=CCCBr)c1C(=O)O. The average Bonchev–Trinajstić information content (AvgIpc) is 2.64. The fraction of sp³-hybridized carbons (Fsp3) is 0.467. The minimum Gasteiger partial charge on any atom is -0.478 e. The Balaban J connectivity index is 3.21. The number of hydrogen-bond donors (Lipinski definition) is 2. The smallest absolute Gasteiger partial charge is 0.355 e. The molecular formula is C15H20BrNO4. The molecule has 0 amide bonds. The van der Waals surface area contributed by atoms with E-state index in [-0.39, 0.29) is 11.3 Å². The van der Waals surface area contributed by atoms with E-state index in [1.54, 1.807) is 33.8 Å². The fourth-order valence-corrected chi connectivity index (χ4v) is 2.08. The van der Waals surface area contributed by atoms with E-state index < -0.39 is 17.5 Å². The molecule has 0 fully saturated rings. The van der Waals surface area contributed by atoms with Crippen LogP contribution in [0.1, 0.15) is 59.3 Å². The summed E-state index contributed by atoms with van der Waals surface area (Å²) in [4.78, 5) is 26.4. The summed E-state index contributed by atoms with van der Waals surface area (Å²) in [7, 11) is 0. The lowest BCUT2D eigenvalue weighted by Gasteiger charge is -2.19. The molecule has 0 aliphatic rings. The Bertz CT molecular complexity index is 567. The number of carbonyl (C=O) groups excluding carboxylic acids is 1. The van der Waals surface area contributed by atoms with E-state index >= 15 is 0 Å². The third kappa shape index (κ3) is 4.74. The van der Waals surface area contributed by atoms with E-state index in [0.29, 0.717) is 11.3 Å². The molecule has 0 saturated heterocycles. The quantitative estimate of drug-likeness (QED) is 0.620. The summed E-state index contributed by atoms with van der Waals surface area (Å²) in [5, 5.41) is 10.1. The van der Waals surface area contributed by atoms with Crippen LogP contribution in [0, 0.1) is 6.92 Å². The van der Waals surface area contributed by atoms with E-state index in [9.17, 15) is 14.7 Å². The van der Waals surface area contributed by atoms with Crippen molar-refractivity contribution < 1.29 is 19.4 Å². The summed E-state index contributed by atoms with van der Waals surface area (Å²) in [6.45, 7) is 6.88. The van der Waals surface area contributed by atoms with Crippen molar-refractivity contribution in [3.8, 4) is 0 Å². The van der Waals surface area contributed by atoms with Crippen molar-refractivity contribution in [3.63, 3.8) is 0 Å². The standard InChI is InChI=1S/C15H20BrNO4/c1-9-11(13(18)19)10(7-5-6-8-16)17-12(9)14(20)21-15(2,3)4/h5,7,17H,6,8H2,1-4H3,(H,18,19). The average molecular weight is 358 g/mol. The molecule has 0 unspecified atom stereocenters. The van der Waals surface area contributed by atoms with Gasteiger partial charge in [0.15, 0.2) is 0 Å². The number of allylic oxidation sites excluding steroid dienone is 1. The fourth-order valence-electron chi connectivity index (χ4n) is 1.82. The summed E-state index contributed by atoms with van der Waals surface area (Å²) >= 11 is 3.29. The number of carboxylic acids is 1. The van der Waals surface area contributed by atoms with Crippen LogP contribution in [-0.4, -0.2) is 33.0 Å². The molecule has 0 radical (unpaired) electrons. The molecule has 0 saturated carbocycles. The van der Waals surface area contributed by atoms with Crippen molar-refractivity contribution in [3.05, 3.63) is 28.6 Å². The molecule has 0 aliphatic carbocycles. The van der Waals surface area contributed by atoms with Gasteiger partial charge in [-0.05, 0) is 45.8 Å². The molecule has 0 atom stereocenters. The minimum atomic E-state index is -1.07. The molecule has 1 heterocycles. The number of nitrogens with one attached hydrogen (secondary N) is 1. The Morgan fingerprint density at radius 1 is 1.38 bits per heavy atom. The zero-order valence-corrected chi connectivity index (χ0v) is 14.2. The van der Waals surface area contributed by atoms with Crippen molar-refractivity contribution in [1.29, 1.82) is 0 Å². The molecule has 6 heteroatoms. The number of H-pyrrole nitrogens is 1. The highest BCUT2D eigenvalue weighted by Crippen LogP contribution is 2.22. The molecule has 0 bridgehead atoms. The van der Waals surface area contributed by atoms with Crippen LogP contribution in [0.5, 0.6) is 0 Å². The van der Waals surface area contributed by atoms with Gasteiger partial charge >= 0.3 is 11.9 Å². The highest BCUT2D eigenvalue weighted by Gasteiger charge is 2.26. The van der Waals surface area contributed by atoms with Crippen molar-refractivity contribution in [2.45, 2.75) is 39.7 Å². The summed E-state index contributed by atoms with van der Waals surface area (Å²) in [5.41, 5.74) is 0.434. The first kappa shape index (κ1) is 17.5. The van der Waals surface area contributed by atoms with Crippen LogP contribution in [0.4, 0.5) is 0 Å².